The molecule has 0 unspecified atom stereocenters. The summed E-state index contributed by atoms with van der Waals surface area (Å²) >= 11 is 0. The molecule has 0 radical (unpaired) electrons. The first-order valence-corrected chi connectivity index (χ1v) is 6.88. The SMILES string of the molecule is CCOC(=O)[C@@H]1CC[C@H](C)N1C(=O)[C@@H](C)C(C)C. The summed E-state index contributed by atoms with van der Waals surface area (Å²) < 4.78 is 5.06. The van der Waals surface area contributed by atoms with Gasteiger partial charge < -0.3 is 9.64 Å². The van der Waals surface area contributed by atoms with Gasteiger partial charge in [-0.1, -0.05) is 20.8 Å². The first kappa shape index (κ1) is 15.0. The second kappa shape index (κ2) is 6.21. The van der Waals surface area contributed by atoms with Crippen LogP contribution in [0.3, 0.4) is 0 Å². The Balaban J connectivity index is 2.82. The fourth-order valence-electron chi connectivity index (χ4n) is 2.35. The van der Waals surface area contributed by atoms with Crippen molar-refractivity contribution in [2.75, 3.05) is 6.61 Å². The molecule has 4 nitrogen and oxygen atoms in total. The lowest BCUT2D eigenvalue weighted by Gasteiger charge is -2.31. The van der Waals surface area contributed by atoms with Crippen LogP contribution in [0.4, 0.5) is 0 Å². The maximum atomic E-state index is 12.4. The van der Waals surface area contributed by atoms with Gasteiger partial charge in [-0.25, -0.2) is 4.79 Å². The van der Waals surface area contributed by atoms with Crippen LogP contribution < -0.4 is 0 Å². The molecule has 1 aliphatic rings. The van der Waals surface area contributed by atoms with Crippen molar-refractivity contribution >= 4 is 11.9 Å². The maximum Gasteiger partial charge on any atom is 0.328 e. The zero-order chi connectivity index (χ0) is 13.9. The van der Waals surface area contributed by atoms with Crippen molar-refractivity contribution in [3.63, 3.8) is 0 Å². The summed E-state index contributed by atoms with van der Waals surface area (Å²) in [6, 6.07) is -0.248. The Kier molecular flexibility index (Phi) is 5.17. The standard InChI is InChI=1S/C14H25NO3/c1-6-18-14(17)12-8-7-10(4)15(12)13(16)11(5)9(2)3/h9-12H,6-8H2,1-5H3/t10-,11-,12-/m0/s1. The second-order valence-corrected chi connectivity index (χ2v) is 5.47. The monoisotopic (exact) mass is 255 g/mol. The number of likely N-dealkylation sites (tertiary alicyclic amines) is 1. The van der Waals surface area contributed by atoms with Crippen molar-refractivity contribution in [1.29, 1.82) is 0 Å². The normalized spacial score (nSPS) is 25.3. The van der Waals surface area contributed by atoms with Crippen molar-refractivity contribution in [1.82, 2.24) is 4.90 Å². The number of rotatable bonds is 4. The van der Waals surface area contributed by atoms with E-state index in [0.29, 0.717) is 6.61 Å². The highest BCUT2D eigenvalue weighted by molar-refractivity contribution is 5.86. The molecule has 3 atom stereocenters. The topological polar surface area (TPSA) is 46.6 Å². The zero-order valence-electron chi connectivity index (χ0n) is 12.1. The minimum atomic E-state index is -0.381. The van der Waals surface area contributed by atoms with E-state index >= 15 is 0 Å². The van der Waals surface area contributed by atoms with Gasteiger partial charge in [0.25, 0.3) is 0 Å². The van der Waals surface area contributed by atoms with E-state index in [1.165, 1.54) is 0 Å². The zero-order valence-corrected chi connectivity index (χ0v) is 12.1. The second-order valence-electron chi connectivity index (χ2n) is 5.47. The molecule has 0 N–H and O–H groups in total. The number of hydrogen-bond acceptors (Lipinski definition) is 3. The molecule has 1 aliphatic heterocycles. The lowest BCUT2D eigenvalue weighted by Crippen LogP contribution is -2.47. The van der Waals surface area contributed by atoms with Gasteiger partial charge in [0, 0.05) is 12.0 Å². The van der Waals surface area contributed by atoms with E-state index in [2.05, 4.69) is 0 Å². The van der Waals surface area contributed by atoms with Crippen molar-refractivity contribution in [2.45, 2.75) is 59.5 Å². The molecule has 0 bridgehead atoms. The van der Waals surface area contributed by atoms with Crippen molar-refractivity contribution < 1.29 is 14.3 Å². The Bertz CT molecular complexity index is 314. The van der Waals surface area contributed by atoms with E-state index in [0.717, 1.165) is 12.8 Å². The third-order valence-corrected chi connectivity index (χ3v) is 3.87. The summed E-state index contributed by atoms with van der Waals surface area (Å²) in [5.41, 5.74) is 0. The summed E-state index contributed by atoms with van der Waals surface area (Å²) in [6.45, 7) is 10.2. The first-order chi connectivity index (χ1) is 8.40. The van der Waals surface area contributed by atoms with E-state index in [9.17, 15) is 9.59 Å². The van der Waals surface area contributed by atoms with E-state index in [4.69, 9.17) is 4.74 Å². The van der Waals surface area contributed by atoms with Gasteiger partial charge in [0.2, 0.25) is 5.91 Å². The molecule has 0 aliphatic carbocycles. The van der Waals surface area contributed by atoms with E-state index in [-0.39, 0.29) is 35.8 Å². The highest BCUT2D eigenvalue weighted by atomic mass is 16.5. The molecule has 18 heavy (non-hydrogen) atoms. The fourth-order valence-corrected chi connectivity index (χ4v) is 2.35. The fraction of sp³-hybridized carbons (Fsp3) is 0.857. The molecule has 1 rings (SSSR count). The van der Waals surface area contributed by atoms with E-state index < -0.39 is 0 Å². The van der Waals surface area contributed by atoms with Gasteiger partial charge in [-0.2, -0.15) is 0 Å². The Morgan fingerprint density at radius 3 is 2.39 bits per heavy atom. The lowest BCUT2D eigenvalue weighted by atomic mass is 9.96. The number of amides is 1. The first-order valence-electron chi connectivity index (χ1n) is 6.88. The molecule has 4 heteroatoms. The van der Waals surface area contributed by atoms with Crippen molar-refractivity contribution in [2.24, 2.45) is 11.8 Å². The minimum Gasteiger partial charge on any atom is -0.464 e. The smallest absolute Gasteiger partial charge is 0.328 e. The minimum absolute atomic E-state index is 0.0533. The summed E-state index contributed by atoms with van der Waals surface area (Å²) in [4.78, 5) is 26.1. The Hall–Kier alpha value is -1.06. The number of nitrogens with zero attached hydrogens (tertiary/aromatic N) is 1. The average Bonchev–Trinajstić information content (AvgIpc) is 2.69. The number of carbonyl (C=O) groups is 2. The Morgan fingerprint density at radius 1 is 1.28 bits per heavy atom. The molecule has 0 aromatic carbocycles. The molecule has 1 heterocycles. The average molecular weight is 255 g/mol. The molecule has 0 saturated carbocycles. The van der Waals surface area contributed by atoms with Crippen LogP contribution in [0, 0.1) is 11.8 Å². The molecule has 0 aromatic heterocycles. The van der Waals surface area contributed by atoms with Crippen LogP contribution in [-0.2, 0) is 14.3 Å². The van der Waals surface area contributed by atoms with Gasteiger partial charge in [-0.15, -0.1) is 0 Å². The predicted octanol–water partition coefficient (Wildman–Crippen LogP) is 2.22. The Labute approximate surface area is 110 Å². The number of esters is 1. The van der Waals surface area contributed by atoms with Gasteiger partial charge >= 0.3 is 5.97 Å². The molecule has 1 fully saturated rings. The maximum absolute atomic E-state index is 12.4. The lowest BCUT2D eigenvalue weighted by molar-refractivity contribution is -0.155. The van der Waals surface area contributed by atoms with Crippen LogP contribution in [0.5, 0.6) is 0 Å². The van der Waals surface area contributed by atoms with Crippen LogP contribution in [0.2, 0.25) is 0 Å². The summed E-state index contributed by atoms with van der Waals surface area (Å²) in [5, 5.41) is 0. The van der Waals surface area contributed by atoms with Gasteiger partial charge in [0.15, 0.2) is 0 Å². The van der Waals surface area contributed by atoms with Crippen LogP contribution in [-0.4, -0.2) is 35.5 Å². The highest BCUT2D eigenvalue weighted by Crippen LogP contribution is 2.28. The molecule has 0 aromatic rings. The number of hydrogen-bond donors (Lipinski definition) is 0. The molecular weight excluding hydrogens is 230 g/mol. The van der Waals surface area contributed by atoms with Gasteiger partial charge in [-0.3, -0.25) is 4.79 Å². The third-order valence-electron chi connectivity index (χ3n) is 3.87. The molecular formula is C14H25NO3. The van der Waals surface area contributed by atoms with Gasteiger partial charge in [0.05, 0.1) is 6.61 Å². The van der Waals surface area contributed by atoms with Crippen LogP contribution in [0.15, 0.2) is 0 Å². The Morgan fingerprint density at radius 2 is 1.89 bits per heavy atom. The quantitative estimate of drug-likeness (QED) is 0.724. The number of ether oxygens (including phenoxy) is 1. The third kappa shape index (κ3) is 3.03. The summed E-state index contributed by atoms with van der Waals surface area (Å²) in [6.07, 6.45) is 1.59. The molecule has 104 valence electrons. The highest BCUT2D eigenvalue weighted by Gasteiger charge is 2.41. The summed E-state index contributed by atoms with van der Waals surface area (Å²) in [7, 11) is 0. The molecule has 0 spiro atoms. The molecule has 1 amide bonds. The van der Waals surface area contributed by atoms with E-state index in [1.54, 1.807) is 11.8 Å². The van der Waals surface area contributed by atoms with Gasteiger partial charge in [-0.05, 0) is 32.6 Å². The predicted molar refractivity (Wildman–Crippen MR) is 70.0 cm³/mol. The van der Waals surface area contributed by atoms with Crippen molar-refractivity contribution in [3.8, 4) is 0 Å². The van der Waals surface area contributed by atoms with Crippen LogP contribution >= 0.6 is 0 Å². The van der Waals surface area contributed by atoms with E-state index in [1.807, 2.05) is 27.7 Å². The van der Waals surface area contributed by atoms with Gasteiger partial charge in [0.1, 0.15) is 6.04 Å². The number of carbonyl (C=O) groups excluding carboxylic acids is 2. The van der Waals surface area contributed by atoms with Crippen LogP contribution in [0.1, 0.15) is 47.5 Å². The largest absolute Gasteiger partial charge is 0.464 e. The van der Waals surface area contributed by atoms with Crippen LogP contribution in [0.25, 0.3) is 0 Å². The summed E-state index contributed by atoms with van der Waals surface area (Å²) in [5.74, 6) is 0.0508. The van der Waals surface area contributed by atoms with Crippen molar-refractivity contribution in [3.05, 3.63) is 0 Å². The molecule has 1 saturated heterocycles.